The quantitative estimate of drug-likeness (QED) is 0.480. The first-order valence-corrected chi connectivity index (χ1v) is 8.27. The van der Waals surface area contributed by atoms with Gasteiger partial charge in [-0.05, 0) is 36.8 Å². The molecule has 7 heteroatoms. The van der Waals surface area contributed by atoms with Crippen molar-refractivity contribution in [2.75, 3.05) is 0 Å². The van der Waals surface area contributed by atoms with Crippen LogP contribution in [0.5, 0.6) is 0 Å². The van der Waals surface area contributed by atoms with Gasteiger partial charge >= 0.3 is 0 Å². The average Bonchev–Trinajstić information content (AvgIpc) is 2.97. The Morgan fingerprint density at radius 1 is 1.32 bits per heavy atom. The lowest BCUT2D eigenvalue weighted by atomic mass is 10.2. The summed E-state index contributed by atoms with van der Waals surface area (Å²) in [5, 5.41) is 20.4. The van der Waals surface area contributed by atoms with Crippen LogP contribution in [0.1, 0.15) is 25.3 Å². The largest absolute Gasteiger partial charge is 0.324 e. The van der Waals surface area contributed by atoms with Gasteiger partial charge in [0.15, 0.2) is 0 Å². The molecule has 0 atom stereocenters. The number of rotatable bonds is 5. The van der Waals surface area contributed by atoms with Gasteiger partial charge in [-0.1, -0.05) is 24.9 Å². The second kappa shape index (κ2) is 6.91. The molecule has 25 heavy (non-hydrogen) atoms. The Hall–Kier alpha value is -2.91. The Labute approximate surface area is 149 Å². The summed E-state index contributed by atoms with van der Waals surface area (Å²) in [7, 11) is 0. The van der Waals surface area contributed by atoms with Crippen LogP contribution in [0.3, 0.4) is 0 Å². The molecule has 0 bridgehead atoms. The molecule has 1 heterocycles. The minimum atomic E-state index is -0.501. The number of nitriles is 1. The van der Waals surface area contributed by atoms with Gasteiger partial charge in [-0.3, -0.25) is 10.1 Å². The van der Waals surface area contributed by atoms with Gasteiger partial charge in [0, 0.05) is 18.2 Å². The fraction of sp³-hybridized carbons (Fsp3) is 0.222. The normalized spacial score (nSPS) is 10.8. The van der Waals surface area contributed by atoms with Crippen LogP contribution in [-0.4, -0.2) is 14.5 Å². The summed E-state index contributed by atoms with van der Waals surface area (Å²) in [6.45, 7) is 2.84. The van der Waals surface area contributed by atoms with Gasteiger partial charge in [0.2, 0.25) is 0 Å². The van der Waals surface area contributed by atoms with E-state index in [1.807, 2.05) is 10.6 Å². The maximum atomic E-state index is 11.2. The molecule has 0 spiro atoms. The van der Waals surface area contributed by atoms with E-state index in [1.165, 1.54) is 12.1 Å². The first kappa shape index (κ1) is 16.9. The maximum absolute atomic E-state index is 11.2. The van der Waals surface area contributed by atoms with Crippen LogP contribution in [0.25, 0.3) is 22.4 Å². The first-order valence-electron chi connectivity index (χ1n) is 7.90. The maximum Gasteiger partial charge on any atom is 0.288 e. The van der Waals surface area contributed by atoms with Crippen LogP contribution in [0.4, 0.5) is 5.69 Å². The van der Waals surface area contributed by atoms with E-state index in [9.17, 15) is 10.1 Å². The molecule has 0 unspecified atom stereocenters. The fourth-order valence-electron chi connectivity index (χ4n) is 2.75. The zero-order valence-electron chi connectivity index (χ0n) is 13.6. The predicted molar refractivity (Wildman–Crippen MR) is 96.5 cm³/mol. The molecule has 0 N–H and O–H groups in total. The van der Waals surface area contributed by atoms with Crippen molar-refractivity contribution < 1.29 is 4.92 Å². The second-order valence-corrected chi connectivity index (χ2v) is 6.09. The number of fused-ring (bicyclic) bond motifs is 1. The number of nitrogens with zero attached hydrogens (tertiary/aromatic N) is 4. The van der Waals surface area contributed by atoms with Gasteiger partial charge in [0.25, 0.3) is 5.69 Å². The van der Waals surface area contributed by atoms with Crippen LogP contribution in [0, 0.1) is 21.4 Å². The highest BCUT2D eigenvalue weighted by molar-refractivity contribution is 6.32. The number of imidazole rings is 1. The summed E-state index contributed by atoms with van der Waals surface area (Å²) in [6.07, 6.45) is 1.96. The number of hydrogen-bond donors (Lipinski definition) is 0. The van der Waals surface area contributed by atoms with E-state index in [-0.39, 0.29) is 10.7 Å². The van der Waals surface area contributed by atoms with E-state index >= 15 is 0 Å². The smallest absolute Gasteiger partial charge is 0.288 e. The number of hydrogen-bond acceptors (Lipinski definition) is 4. The van der Waals surface area contributed by atoms with E-state index in [4.69, 9.17) is 16.9 Å². The van der Waals surface area contributed by atoms with Gasteiger partial charge < -0.3 is 4.57 Å². The van der Waals surface area contributed by atoms with Crippen molar-refractivity contribution in [2.45, 2.75) is 26.3 Å². The van der Waals surface area contributed by atoms with Crippen molar-refractivity contribution in [1.82, 2.24) is 9.55 Å². The summed E-state index contributed by atoms with van der Waals surface area (Å²) in [4.78, 5) is 15.3. The highest BCUT2D eigenvalue weighted by Crippen LogP contribution is 2.32. The third-order valence-corrected chi connectivity index (χ3v) is 4.33. The van der Waals surface area contributed by atoms with Gasteiger partial charge in [-0.2, -0.15) is 5.26 Å². The van der Waals surface area contributed by atoms with Crippen molar-refractivity contribution in [2.24, 2.45) is 0 Å². The van der Waals surface area contributed by atoms with E-state index in [1.54, 1.807) is 18.2 Å². The standard InChI is InChI=1S/C18H15ClN4O2/c1-2-3-8-22-16-7-4-12(11-20)9-15(16)21-18(22)13-5-6-14(19)17(10-13)23(24)25/h4-7,9-10H,2-3,8H2,1H3. The number of nitro groups is 1. The highest BCUT2D eigenvalue weighted by atomic mass is 35.5. The van der Waals surface area contributed by atoms with Crippen LogP contribution in [0.2, 0.25) is 5.02 Å². The van der Waals surface area contributed by atoms with Crippen molar-refractivity contribution in [1.29, 1.82) is 5.26 Å². The molecule has 0 aliphatic carbocycles. The molecule has 0 saturated carbocycles. The molecule has 3 aromatic rings. The molecule has 1 aromatic heterocycles. The molecular weight excluding hydrogens is 340 g/mol. The zero-order valence-corrected chi connectivity index (χ0v) is 14.3. The van der Waals surface area contributed by atoms with Crippen molar-refractivity contribution in [3.8, 4) is 17.5 Å². The lowest BCUT2D eigenvalue weighted by Crippen LogP contribution is -2.01. The lowest BCUT2D eigenvalue weighted by molar-refractivity contribution is -0.384. The Bertz CT molecular complexity index is 1000. The van der Waals surface area contributed by atoms with E-state index < -0.39 is 4.92 Å². The number of benzene rings is 2. The molecule has 2 aromatic carbocycles. The number of unbranched alkanes of at least 4 members (excludes halogenated alkanes) is 1. The Kier molecular flexibility index (Phi) is 4.68. The molecule has 0 amide bonds. The van der Waals surface area contributed by atoms with Gasteiger partial charge in [-0.25, -0.2) is 4.98 Å². The molecule has 0 radical (unpaired) electrons. The molecule has 0 saturated heterocycles. The molecule has 0 aliphatic heterocycles. The summed E-state index contributed by atoms with van der Waals surface area (Å²) in [6, 6.07) is 12.1. The predicted octanol–water partition coefficient (Wildman–Crippen LogP) is 4.94. The summed E-state index contributed by atoms with van der Waals surface area (Å²) >= 11 is 5.92. The summed E-state index contributed by atoms with van der Waals surface area (Å²) < 4.78 is 2.03. The minimum absolute atomic E-state index is 0.0942. The molecule has 0 fully saturated rings. The number of halogens is 1. The molecular formula is C18H15ClN4O2. The number of aromatic nitrogens is 2. The molecule has 6 nitrogen and oxygen atoms in total. The average molecular weight is 355 g/mol. The van der Waals surface area contributed by atoms with Crippen molar-refractivity contribution in [3.63, 3.8) is 0 Å². The Balaban J connectivity index is 2.22. The van der Waals surface area contributed by atoms with Crippen LogP contribution >= 0.6 is 11.6 Å². The fourth-order valence-corrected chi connectivity index (χ4v) is 2.94. The minimum Gasteiger partial charge on any atom is -0.324 e. The van der Waals surface area contributed by atoms with Crippen LogP contribution in [-0.2, 0) is 6.54 Å². The summed E-state index contributed by atoms with van der Waals surface area (Å²) in [5.41, 5.74) is 2.61. The molecule has 0 aliphatic rings. The highest BCUT2D eigenvalue weighted by Gasteiger charge is 2.18. The third kappa shape index (κ3) is 3.19. The van der Waals surface area contributed by atoms with Crippen molar-refractivity contribution in [3.05, 3.63) is 57.1 Å². The second-order valence-electron chi connectivity index (χ2n) is 5.68. The number of aryl methyl sites for hydroxylation is 1. The van der Waals surface area contributed by atoms with Crippen molar-refractivity contribution >= 4 is 28.3 Å². The molecule has 3 rings (SSSR count). The van der Waals surface area contributed by atoms with Gasteiger partial charge in [0.1, 0.15) is 10.8 Å². The van der Waals surface area contributed by atoms with Crippen LogP contribution < -0.4 is 0 Å². The zero-order chi connectivity index (χ0) is 18.0. The first-order chi connectivity index (χ1) is 12.0. The summed E-state index contributed by atoms with van der Waals surface area (Å²) in [5.74, 6) is 0.637. The molecule has 126 valence electrons. The van der Waals surface area contributed by atoms with Crippen LogP contribution in [0.15, 0.2) is 36.4 Å². The van der Waals surface area contributed by atoms with E-state index in [2.05, 4.69) is 18.0 Å². The van der Waals surface area contributed by atoms with Gasteiger partial charge in [-0.15, -0.1) is 0 Å². The number of nitro benzene ring substituents is 1. The topological polar surface area (TPSA) is 84.8 Å². The Morgan fingerprint density at radius 3 is 2.80 bits per heavy atom. The third-order valence-electron chi connectivity index (χ3n) is 4.01. The van der Waals surface area contributed by atoms with E-state index in [0.29, 0.717) is 22.5 Å². The monoisotopic (exact) mass is 354 g/mol. The van der Waals surface area contributed by atoms with Gasteiger partial charge in [0.05, 0.1) is 27.6 Å². The Morgan fingerprint density at radius 2 is 2.12 bits per heavy atom. The lowest BCUT2D eigenvalue weighted by Gasteiger charge is -2.09. The van der Waals surface area contributed by atoms with E-state index in [0.717, 1.165) is 24.9 Å². The SMILES string of the molecule is CCCCn1c(-c2ccc(Cl)c([N+](=O)[O-])c2)nc2cc(C#N)ccc21.